The Kier molecular flexibility index (Phi) is 8.59. The van der Waals surface area contributed by atoms with Gasteiger partial charge in [0.1, 0.15) is 11.3 Å². The number of fused-ring (bicyclic) bond motifs is 1. The lowest BCUT2D eigenvalue weighted by Crippen LogP contribution is -2.51. The number of esters is 1. The topological polar surface area (TPSA) is 106 Å². The third kappa shape index (κ3) is 6.77. The van der Waals surface area contributed by atoms with Crippen LogP contribution in [0.1, 0.15) is 92.8 Å². The molecule has 0 radical (unpaired) electrons. The number of nitrogens with one attached hydrogen (secondary N) is 2. The Morgan fingerprint density at radius 1 is 1.10 bits per heavy atom. The van der Waals surface area contributed by atoms with Crippen molar-refractivity contribution < 1.29 is 37.1 Å². The molecule has 2 amide bonds. The summed E-state index contributed by atoms with van der Waals surface area (Å²) in [7, 11) is 0. The summed E-state index contributed by atoms with van der Waals surface area (Å²) in [5.41, 5.74) is -1.38. The number of benzene rings is 1. The number of carbonyl (C=O) groups excluding carboxylic acids is 4. The summed E-state index contributed by atoms with van der Waals surface area (Å²) < 4.78 is 47.5. The number of amides is 2. The molecule has 0 saturated heterocycles. The molecule has 41 heavy (non-hydrogen) atoms. The summed E-state index contributed by atoms with van der Waals surface area (Å²) >= 11 is 6.49. The first kappa shape index (κ1) is 30.6. The average molecular weight is 596 g/mol. The van der Waals surface area contributed by atoms with Gasteiger partial charge in [-0.25, -0.2) is 13.2 Å². The van der Waals surface area contributed by atoms with Crippen LogP contribution in [0.2, 0.25) is 5.02 Å². The third-order valence-electron chi connectivity index (χ3n) is 7.50. The Balaban J connectivity index is 1.46. The van der Waals surface area contributed by atoms with Crippen LogP contribution in [-0.4, -0.2) is 39.3 Å². The molecule has 1 aromatic carbocycles. The molecule has 2 heterocycles. The quantitative estimate of drug-likeness (QED) is 0.184. The van der Waals surface area contributed by atoms with Crippen molar-refractivity contribution >= 4 is 40.9 Å². The molecule has 2 aliphatic rings. The molecular weight excluding hydrogens is 563 g/mol. The Hall–Kier alpha value is -3.34. The molecule has 1 fully saturated rings. The number of anilines is 1. The van der Waals surface area contributed by atoms with Crippen LogP contribution in [0.5, 0.6) is 0 Å². The van der Waals surface area contributed by atoms with Crippen LogP contribution >= 0.6 is 11.6 Å². The first-order chi connectivity index (χ1) is 19.1. The minimum atomic E-state index is -1.67. The average Bonchev–Trinajstić information content (AvgIpc) is 3.41. The maximum atomic E-state index is 13.6. The van der Waals surface area contributed by atoms with Crippen LogP contribution < -0.4 is 10.6 Å². The second-order valence-electron chi connectivity index (χ2n) is 12.0. The van der Waals surface area contributed by atoms with Gasteiger partial charge in [-0.1, -0.05) is 11.6 Å². The van der Waals surface area contributed by atoms with E-state index < -0.39 is 46.2 Å². The molecule has 12 heteroatoms. The van der Waals surface area contributed by atoms with Crippen LogP contribution in [0.3, 0.4) is 0 Å². The van der Waals surface area contributed by atoms with Gasteiger partial charge in [-0.15, -0.1) is 0 Å². The molecule has 1 aromatic heterocycles. The molecule has 1 aliphatic carbocycles. The van der Waals surface area contributed by atoms with E-state index in [2.05, 4.69) is 10.6 Å². The lowest BCUT2D eigenvalue weighted by atomic mass is 9.76. The fourth-order valence-electron chi connectivity index (χ4n) is 5.52. The highest BCUT2D eigenvalue weighted by Gasteiger charge is 2.38. The van der Waals surface area contributed by atoms with E-state index in [1.807, 2.05) is 27.7 Å². The van der Waals surface area contributed by atoms with E-state index in [4.69, 9.17) is 16.3 Å². The molecule has 0 atom stereocenters. The van der Waals surface area contributed by atoms with Crippen molar-refractivity contribution in [1.82, 2.24) is 9.88 Å². The van der Waals surface area contributed by atoms with Gasteiger partial charge in [0.2, 0.25) is 0 Å². The van der Waals surface area contributed by atoms with Crippen LogP contribution in [0.4, 0.5) is 18.9 Å². The van der Waals surface area contributed by atoms with Gasteiger partial charge in [-0.2, -0.15) is 0 Å². The zero-order chi connectivity index (χ0) is 30.3. The van der Waals surface area contributed by atoms with Crippen molar-refractivity contribution in [2.75, 3.05) is 5.32 Å². The minimum absolute atomic E-state index is 0.0840. The Labute approximate surface area is 240 Å². The van der Waals surface area contributed by atoms with E-state index >= 15 is 0 Å². The first-order valence-corrected chi connectivity index (χ1v) is 13.9. The summed E-state index contributed by atoms with van der Waals surface area (Å²) in [6, 6.07) is 1.26. The summed E-state index contributed by atoms with van der Waals surface area (Å²) in [6.45, 7) is 7.62. The lowest BCUT2D eigenvalue weighted by molar-refractivity contribution is -0.156. The Morgan fingerprint density at radius 3 is 2.29 bits per heavy atom. The van der Waals surface area contributed by atoms with Gasteiger partial charge in [-0.05, 0) is 72.1 Å². The summed E-state index contributed by atoms with van der Waals surface area (Å²) in [4.78, 5) is 51.8. The molecule has 2 aromatic rings. The standard InChI is InChI=1S/C29H33ClF3N3O5/c1-28(2,3)41-20(37)12-15-7-9-29(4,10-8-15)35-27(40)25(38)24-22(30)21(19-6-5-11-36(19)24)26(39)34-16-13-17(31)23(33)18(32)14-16/h13-15H,5-12H2,1-4H3,(H,34,39)(H,35,40). The van der Waals surface area contributed by atoms with Gasteiger partial charge < -0.3 is 19.9 Å². The maximum absolute atomic E-state index is 13.6. The van der Waals surface area contributed by atoms with E-state index in [-0.39, 0.29) is 40.3 Å². The van der Waals surface area contributed by atoms with Gasteiger partial charge in [0.25, 0.3) is 17.6 Å². The molecule has 0 spiro atoms. The second kappa shape index (κ2) is 11.5. The minimum Gasteiger partial charge on any atom is -0.460 e. The zero-order valence-electron chi connectivity index (χ0n) is 23.4. The van der Waals surface area contributed by atoms with Gasteiger partial charge in [0.15, 0.2) is 17.5 Å². The first-order valence-electron chi connectivity index (χ1n) is 13.5. The number of Topliss-reactive ketones (excluding diaryl/α,β-unsaturated/α-hetero) is 1. The van der Waals surface area contributed by atoms with Gasteiger partial charge in [0.05, 0.1) is 10.6 Å². The zero-order valence-corrected chi connectivity index (χ0v) is 24.1. The van der Waals surface area contributed by atoms with E-state index in [1.165, 1.54) is 4.57 Å². The number of ether oxygens (including phenoxy) is 1. The largest absolute Gasteiger partial charge is 0.460 e. The predicted molar refractivity (Wildman–Crippen MR) is 145 cm³/mol. The van der Waals surface area contributed by atoms with Crippen molar-refractivity contribution in [3.05, 3.63) is 51.6 Å². The molecule has 2 N–H and O–H groups in total. The molecular formula is C29H33ClF3N3O5. The molecule has 0 unspecified atom stereocenters. The molecule has 4 rings (SSSR count). The molecule has 8 nitrogen and oxygen atoms in total. The number of carbonyl (C=O) groups is 4. The maximum Gasteiger partial charge on any atom is 0.306 e. The van der Waals surface area contributed by atoms with Crippen LogP contribution in [0, 0.1) is 23.4 Å². The SMILES string of the molecule is CC1(NC(=O)C(=O)c2c(Cl)c(C(=O)Nc3cc(F)c(F)c(F)c3)c3n2CCC3)CCC(CC(=O)OC(C)(C)C)CC1. The molecule has 222 valence electrons. The Bertz CT molecular complexity index is 1380. The molecule has 1 aliphatic heterocycles. The van der Waals surface area contributed by atoms with Gasteiger partial charge in [0, 0.05) is 42.0 Å². The fourth-order valence-corrected chi connectivity index (χ4v) is 5.90. The normalized spacial score (nSPS) is 20.3. The van der Waals surface area contributed by atoms with Crippen molar-refractivity contribution in [1.29, 1.82) is 0 Å². The number of hydrogen-bond donors (Lipinski definition) is 2. The van der Waals surface area contributed by atoms with Gasteiger partial charge >= 0.3 is 5.97 Å². The smallest absolute Gasteiger partial charge is 0.306 e. The number of aromatic nitrogens is 1. The second-order valence-corrected chi connectivity index (χ2v) is 12.4. The summed E-state index contributed by atoms with van der Waals surface area (Å²) in [6.07, 6.45) is 3.70. The van der Waals surface area contributed by atoms with Crippen molar-refractivity contribution in [3.8, 4) is 0 Å². The monoisotopic (exact) mass is 595 g/mol. The number of rotatable bonds is 7. The highest BCUT2D eigenvalue weighted by atomic mass is 35.5. The van der Waals surface area contributed by atoms with Crippen molar-refractivity contribution in [3.63, 3.8) is 0 Å². The van der Waals surface area contributed by atoms with Crippen molar-refractivity contribution in [2.45, 2.75) is 90.3 Å². The van der Waals surface area contributed by atoms with E-state index in [0.29, 0.717) is 62.9 Å². The highest BCUT2D eigenvalue weighted by Crippen LogP contribution is 2.36. The lowest BCUT2D eigenvalue weighted by Gasteiger charge is -2.38. The summed E-state index contributed by atoms with van der Waals surface area (Å²) in [5, 5.41) is 4.87. The van der Waals surface area contributed by atoms with E-state index in [0.717, 1.165) is 0 Å². The molecule has 1 saturated carbocycles. The van der Waals surface area contributed by atoms with Crippen molar-refractivity contribution in [2.24, 2.45) is 5.92 Å². The summed E-state index contributed by atoms with van der Waals surface area (Å²) in [5.74, 6) is -7.41. The van der Waals surface area contributed by atoms with Crippen LogP contribution in [0.15, 0.2) is 12.1 Å². The number of ketones is 1. The van der Waals surface area contributed by atoms with Crippen LogP contribution in [0.25, 0.3) is 0 Å². The number of halogens is 4. The van der Waals surface area contributed by atoms with E-state index in [9.17, 15) is 32.3 Å². The number of nitrogens with zero attached hydrogens (tertiary/aromatic N) is 1. The molecule has 0 bridgehead atoms. The highest BCUT2D eigenvalue weighted by molar-refractivity contribution is 6.48. The van der Waals surface area contributed by atoms with Gasteiger partial charge in [-0.3, -0.25) is 19.2 Å². The van der Waals surface area contributed by atoms with E-state index in [1.54, 1.807) is 0 Å². The third-order valence-corrected chi connectivity index (χ3v) is 7.86. The fraction of sp³-hybridized carbons (Fsp3) is 0.517. The Morgan fingerprint density at radius 2 is 1.71 bits per heavy atom. The number of hydrogen-bond acceptors (Lipinski definition) is 5. The predicted octanol–water partition coefficient (Wildman–Crippen LogP) is 5.74. The van der Waals surface area contributed by atoms with Crippen LogP contribution in [-0.2, 0) is 27.3 Å².